The fourth-order valence-electron chi connectivity index (χ4n) is 3.65. The highest BCUT2D eigenvalue weighted by Crippen LogP contribution is 2.42. The van der Waals surface area contributed by atoms with Crippen molar-refractivity contribution in [1.82, 2.24) is 24.9 Å². The number of fused-ring (bicyclic) bond motifs is 1. The van der Waals surface area contributed by atoms with Gasteiger partial charge in [0.2, 0.25) is 0 Å². The van der Waals surface area contributed by atoms with Gasteiger partial charge >= 0.3 is 6.18 Å². The van der Waals surface area contributed by atoms with E-state index in [1.165, 1.54) is 13.1 Å². The Balaban J connectivity index is 2.22. The first kappa shape index (κ1) is 26.0. The van der Waals surface area contributed by atoms with Crippen LogP contribution < -0.4 is 15.0 Å². The van der Waals surface area contributed by atoms with Gasteiger partial charge in [-0.05, 0) is 45.0 Å². The Morgan fingerprint density at radius 1 is 1.26 bits per heavy atom. The summed E-state index contributed by atoms with van der Waals surface area (Å²) in [5.74, 6) is -0.388. The van der Waals surface area contributed by atoms with E-state index in [0.717, 1.165) is 35.6 Å². The van der Waals surface area contributed by atoms with Gasteiger partial charge in [0.25, 0.3) is 5.78 Å². The maximum atomic E-state index is 15.6. The highest BCUT2D eigenvalue weighted by molar-refractivity contribution is 6.33. The van der Waals surface area contributed by atoms with Crippen LogP contribution in [0.25, 0.3) is 16.9 Å². The van der Waals surface area contributed by atoms with E-state index in [9.17, 15) is 13.2 Å². The second kappa shape index (κ2) is 10.7. The van der Waals surface area contributed by atoms with Gasteiger partial charge in [0.05, 0.1) is 12.2 Å². The monoisotopic (exact) mass is 502 g/mol. The largest absolute Gasteiger partial charge is 0.493 e. The number of alkyl halides is 3. The maximum Gasteiger partial charge on any atom is 0.408 e. The van der Waals surface area contributed by atoms with Gasteiger partial charge in [-0.1, -0.05) is 24.9 Å². The maximum absolute atomic E-state index is 15.6. The Bertz CT molecular complexity index is 1140. The molecule has 0 aliphatic carbocycles. The second-order valence-electron chi connectivity index (χ2n) is 7.90. The van der Waals surface area contributed by atoms with E-state index >= 15 is 4.39 Å². The van der Waals surface area contributed by atoms with Crippen molar-refractivity contribution in [2.75, 3.05) is 32.1 Å². The molecular formula is C22H27ClF4N6O. The third-order valence-corrected chi connectivity index (χ3v) is 5.78. The number of aryl methyl sites for hydroxylation is 1. The average Bonchev–Trinajstić information content (AvgIpc) is 3.23. The summed E-state index contributed by atoms with van der Waals surface area (Å²) in [6.45, 7) is 4.05. The molecule has 0 spiro atoms. The molecule has 0 aliphatic rings. The number of benzene rings is 1. The molecule has 3 aromatic rings. The van der Waals surface area contributed by atoms with Crippen LogP contribution in [0.2, 0.25) is 5.15 Å². The molecule has 1 unspecified atom stereocenters. The first-order valence-electron chi connectivity index (χ1n) is 10.9. The van der Waals surface area contributed by atoms with Gasteiger partial charge < -0.3 is 15.0 Å². The van der Waals surface area contributed by atoms with Gasteiger partial charge in [-0.25, -0.2) is 4.39 Å². The number of nitrogens with zero attached hydrogens (tertiary/aromatic N) is 5. The Morgan fingerprint density at radius 2 is 2.00 bits per heavy atom. The third kappa shape index (κ3) is 5.35. The molecule has 2 aromatic heterocycles. The number of aromatic nitrogens is 4. The SMILES string of the molecule is CCCc1cc(OCCCNC)cc(F)c1-c1c(Cl)nc2ncnn2c1N(C)C(C)C(F)(F)F. The van der Waals surface area contributed by atoms with Crippen LogP contribution in [0, 0.1) is 5.82 Å². The molecule has 12 heteroatoms. The lowest BCUT2D eigenvalue weighted by Crippen LogP contribution is -2.42. The van der Waals surface area contributed by atoms with Crippen molar-refractivity contribution >= 4 is 23.2 Å². The Morgan fingerprint density at radius 3 is 2.65 bits per heavy atom. The summed E-state index contributed by atoms with van der Waals surface area (Å²) in [5, 5.41) is 6.87. The van der Waals surface area contributed by atoms with Crippen LogP contribution in [-0.4, -0.2) is 59.0 Å². The summed E-state index contributed by atoms with van der Waals surface area (Å²) in [5.41, 5.74) is 0.625. The Hall–Kier alpha value is -2.66. The van der Waals surface area contributed by atoms with Crippen molar-refractivity contribution < 1.29 is 22.3 Å². The third-order valence-electron chi connectivity index (χ3n) is 5.50. The molecule has 3 rings (SSSR count). The number of rotatable bonds is 10. The smallest absolute Gasteiger partial charge is 0.408 e. The topological polar surface area (TPSA) is 67.6 Å². The molecule has 0 amide bonds. The Kier molecular flexibility index (Phi) is 8.19. The van der Waals surface area contributed by atoms with E-state index < -0.39 is 18.0 Å². The average molecular weight is 503 g/mol. The van der Waals surface area contributed by atoms with E-state index in [0.29, 0.717) is 30.8 Å². The zero-order chi connectivity index (χ0) is 25.0. The summed E-state index contributed by atoms with van der Waals surface area (Å²) in [6.07, 6.45) is -1.56. The summed E-state index contributed by atoms with van der Waals surface area (Å²) in [7, 11) is 3.08. The molecule has 1 aromatic carbocycles. The summed E-state index contributed by atoms with van der Waals surface area (Å²) in [6, 6.07) is 0.997. The molecule has 0 aliphatic heterocycles. The molecule has 0 saturated carbocycles. The molecule has 0 saturated heterocycles. The van der Waals surface area contributed by atoms with Gasteiger partial charge in [0.15, 0.2) is 0 Å². The van der Waals surface area contributed by atoms with Gasteiger partial charge in [-0.2, -0.15) is 32.8 Å². The predicted octanol–water partition coefficient (Wildman–Crippen LogP) is 4.91. The van der Waals surface area contributed by atoms with Crippen LogP contribution >= 0.6 is 11.6 Å². The van der Waals surface area contributed by atoms with Crippen LogP contribution in [-0.2, 0) is 6.42 Å². The van der Waals surface area contributed by atoms with E-state index in [1.807, 2.05) is 14.0 Å². The lowest BCUT2D eigenvalue weighted by molar-refractivity contribution is -0.144. The van der Waals surface area contributed by atoms with Crippen molar-refractivity contribution in [3.05, 3.63) is 35.0 Å². The van der Waals surface area contributed by atoms with Crippen molar-refractivity contribution in [2.45, 2.75) is 45.3 Å². The molecule has 0 bridgehead atoms. The quantitative estimate of drug-likeness (QED) is 0.241. The molecule has 1 N–H and O–H groups in total. The van der Waals surface area contributed by atoms with E-state index in [4.69, 9.17) is 16.3 Å². The first-order chi connectivity index (χ1) is 16.1. The zero-order valence-corrected chi connectivity index (χ0v) is 20.1. The minimum atomic E-state index is -4.55. The summed E-state index contributed by atoms with van der Waals surface area (Å²) >= 11 is 6.46. The normalized spacial score (nSPS) is 12.9. The molecule has 7 nitrogen and oxygen atoms in total. The highest BCUT2D eigenvalue weighted by atomic mass is 35.5. The second-order valence-corrected chi connectivity index (χ2v) is 8.25. The van der Waals surface area contributed by atoms with Gasteiger partial charge in [-0.15, -0.1) is 0 Å². The van der Waals surface area contributed by atoms with E-state index in [1.54, 1.807) is 6.07 Å². The highest BCUT2D eigenvalue weighted by Gasteiger charge is 2.41. The lowest BCUT2D eigenvalue weighted by atomic mass is 9.96. The first-order valence-corrected chi connectivity index (χ1v) is 11.3. The minimum absolute atomic E-state index is 0.00640. The molecule has 34 heavy (non-hydrogen) atoms. The van der Waals surface area contributed by atoms with Crippen LogP contribution in [0.3, 0.4) is 0 Å². The van der Waals surface area contributed by atoms with Crippen LogP contribution in [0.1, 0.15) is 32.3 Å². The lowest BCUT2D eigenvalue weighted by Gasteiger charge is -2.31. The zero-order valence-electron chi connectivity index (χ0n) is 19.4. The van der Waals surface area contributed by atoms with Crippen LogP contribution in [0.5, 0.6) is 5.75 Å². The summed E-state index contributed by atoms with van der Waals surface area (Å²) < 4.78 is 63.3. The number of hydrogen-bond acceptors (Lipinski definition) is 6. The van der Waals surface area contributed by atoms with Crippen molar-refractivity contribution in [3.8, 4) is 16.9 Å². The van der Waals surface area contributed by atoms with Crippen LogP contribution in [0.15, 0.2) is 18.5 Å². The number of ether oxygens (including phenoxy) is 1. The number of anilines is 1. The van der Waals surface area contributed by atoms with Crippen molar-refractivity contribution in [1.29, 1.82) is 0 Å². The standard InChI is InChI=1S/C22H27ClF4N6O/c1-5-7-14-10-15(34-9-6-8-28-3)11-16(24)17(14)18-19(23)31-21-29-12-30-33(21)20(18)32(4)13(2)22(25,26)27/h10-13,28H,5-9H2,1-4H3. The van der Waals surface area contributed by atoms with Crippen molar-refractivity contribution in [2.24, 2.45) is 0 Å². The molecule has 0 radical (unpaired) electrons. The fraction of sp³-hybridized carbons (Fsp3) is 0.500. The fourth-order valence-corrected chi connectivity index (χ4v) is 3.91. The van der Waals surface area contributed by atoms with Crippen LogP contribution in [0.4, 0.5) is 23.4 Å². The predicted molar refractivity (Wildman–Crippen MR) is 123 cm³/mol. The molecule has 2 heterocycles. The Labute approximate surface area is 200 Å². The number of hydrogen-bond donors (Lipinski definition) is 1. The van der Waals surface area contributed by atoms with E-state index in [2.05, 4.69) is 20.4 Å². The molecular weight excluding hydrogens is 476 g/mol. The minimum Gasteiger partial charge on any atom is -0.493 e. The van der Waals surface area contributed by atoms with Crippen molar-refractivity contribution in [3.63, 3.8) is 0 Å². The molecule has 186 valence electrons. The molecule has 1 atom stereocenters. The molecule has 0 fully saturated rings. The number of halogens is 5. The van der Waals surface area contributed by atoms with Gasteiger partial charge in [0.1, 0.15) is 34.9 Å². The van der Waals surface area contributed by atoms with Gasteiger partial charge in [-0.3, -0.25) is 0 Å². The number of nitrogens with one attached hydrogen (secondary N) is 1. The van der Waals surface area contributed by atoms with Gasteiger partial charge in [0, 0.05) is 18.7 Å². The summed E-state index contributed by atoms with van der Waals surface area (Å²) in [4.78, 5) is 9.07. The van der Waals surface area contributed by atoms with E-state index in [-0.39, 0.29) is 27.9 Å².